The Morgan fingerprint density at radius 3 is 2.17 bits per heavy atom. The van der Waals surface area contributed by atoms with Gasteiger partial charge in [-0.25, -0.2) is 4.98 Å². The van der Waals surface area contributed by atoms with Crippen LogP contribution in [0, 0.1) is 0 Å². The van der Waals surface area contributed by atoms with Crippen LogP contribution < -0.4 is 4.90 Å². The maximum absolute atomic E-state index is 12.4. The Balaban J connectivity index is 3.07. The number of hydrogen-bond donors (Lipinski definition) is 0. The van der Waals surface area contributed by atoms with Gasteiger partial charge in [0.05, 0.1) is 5.56 Å². The van der Waals surface area contributed by atoms with Gasteiger partial charge in [-0.2, -0.15) is 26.3 Å². The summed E-state index contributed by atoms with van der Waals surface area (Å²) in [5, 5.41) is -0.520. The second-order valence-corrected chi connectivity index (χ2v) is 3.89. The van der Waals surface area contributed by atoms with Crippen LogP contribution in [0.1, 0.15) is 5.56 Å². The molecule has 0 saturated carbocycles. The fourth-order valence-electron chi connectivity index (χ4n) is 1.19. The van der Waals surface area contributed by atoms with Gasteiger partial charge < -0.3 is 4.90 Å². The molecule has 1 heterocycles. The minimum Gasteiger partial charge on any atom is -0.351 e. The van der Waals surface area contributed by atoms with E-state index in [4.69, 9.17) is 11.6 Å². The maximum Gasteiger partial charge on any atom is 0.416 e. The predicted molar refractivity (Wildman–Crippen MR) is 53.6 cm³/mol. The van der Waals surface area contributed by atoms with Crippen LogP contribution in [0.2, 0.25) is 5.15 Å². The van der Waals surface area contributed by atoms with Crippen molar-refractivity contribution in [3.63, 3.8) is 0 Å². The van der Waals surface area contributed by atoms with Crippen molar-refractivity contribution in [3.8, 4) is 0 Å². The van der Waals surface area contributed by atoms with Gasteiger partial charge in [0.25, 0.3) is 0 Å². The van der Waals surface area contributed by atoms with E-state index in [-0.39, 0.29) is 0 Å². The molecule has 2 nitrogen and oxygen atoms in total. The Hall–Kier alpha value is -1.18. The summed E-state index contributed by atoms with van der Waals surface area (Å²) in [6.07, 6.45) is -9.24. The highest BCUT2D eigenvalue weighted by atomic mass is 35.5. The second kappa shape index (κ2) is 4.83. The largest absolute Gasteiger partial charge is 0.416 e. The van der Waals surface area contributed by atoms with Crippen LogP contribution in [0.4, 0.5) is 32.2 Å². The third-order valence-electron chi connectivity index (χ3n) is 1.92. The standard InChI is InChI=1S/C9H7ClF6N2/c1-18(4-8(11,12)13)7-3-5(9(14,15)16)2-6(10)17-7/h2-3H,4H2,1H3. The molecule has 9 heteroatoms. The highest BCUT2D eigenvalue weighted by molar-refractivity contribution is 6.29. The maximum atomic E-state index is 12.4. The number of rotatable bonds is 2. The minimum absolute atomic E-state index is 0.493. The molecular weight excluding hydrogens is 286 g/mol. The lowest BCUT2D eigenvalue weighted by Gasteiger charge is -2.21. The molecule has 0 aliphatic heterocycles. The van der Waals surface area contributed by atoms with Crippen molar-refractivity contribution in [1.82, 2.24) is 4.98 Å². The first-order valence-corrected chi connectivity index (χ1v) is 4.89. The van der Waals surface area contributed by atoms with Gasteiger partial charge in [-0.15, -0.1) is 0 Å². The van der Waals surface area contributed by atoms with Gasteiger partial charge in [0.1, 0.15) is 17.5 Å². The zero-order chi connectivity index (χ0) is 14.1. The van der Waals surface area contributed by atoms with Crippen molar-refractivity contribution in [1.29, 1.82) is 0 Å². The molecule has 0 amide bonds. The molecule has 1 aromatic heterocycles. The lowest BCUT2D eigenvalue weighted by Crippen LogP contribution is -2.31. The van der Waals surface area contributed by atoms with Crippen molar-refractivity contribution in [3.05, 3.63) is 22.8 Å². The average Bonchev–Trinajstić information content (AvgIpc) is 2.12. The number of aromatic nitrogens is 1. The number of pyridine rings is 1. The molecule has 18 heavy (non-hydrogen) atoms. The van der Waals surface area contributed by atoms with Crippen LogP contribution in [0.5, 0.6) is 0 Å². The van der Waals surface area contributed by atoms with E-state index in [2.05, 4.69) is 4.98 Å². The van der Waals surface area contributed by atoms with E-state index in [1.54, 1.807) is 0 Å². The number of hydrogen-bond acceptors (Lipinski definition) is 2. The van der Waals surface area contributed by atoms with Gasteiger partial charge in [0.2, 0.25) is 0 Å². The molecule has 0 aliphatic carbocycles. The van der Waals surface area contributed by atoms with Gasteiger partial charge in [-0.3, -0.25) is 0 Å². The van der Waals surface area contributed by atoms with Gasteiger partial charge in [0.15, 0.2) is 0 Å². The van der Waals surface area contributed by atoms with Gasteiger partial charge >= 0.3 is 12.4 Å². The smallest absolute Gasteiger partial charge is 0.351 e. The Labute approximate surface area is 103 Å². The summed E-state index contributed by atoms with van der Waals surface area (Å²) in [5.74, 6) is -0.493. The first-order valence-electron chi connectivity index (χ1n) is 4.52. The molecule has 102 valence electrons. The van der Waals surface area contributed by atoms with E-state index in [1.807, 2.05) is 0 Å². The van der Waals surface area contributed by atoms with Crippen LogP contribution in [0.25, 0.3) is 0 Å². The molecule has 1 rings (SSSR count). The first kappa shape index (κ1) is 14.9. The van der Waals surface area contributed by atoms with Crippen LogP contribution in [0.15, 0.2) is 12.1 Å². The van der Waals surface area contributed by atoms with Crippen molar-refractivity contribution >= 4 is 17.4 Å². The summed E-state index contributed by atoms with van der Waals surface area (Å²) in [4.78, 5) is 3.97. The van der Waals surface area contributed by atoms with Gasteiger partial charge in [-0.05, 0) is 12.1 Å². The highest BCUT2D eigenvalue weighted by Crippen LogP contribution is 2.33. The fraction of sp³-hybridized carbons (Fsp3) is 0.444. The second-order valence-electron chi connectivity index (χ2n) is 3.51. The zero-order valence-corrected chi connectivity index (χ0v) is 9.66. The highest BCUT2D eigenvalue weighted by Gasteiger charge is 2.33. The Morgan fingerprint density at radius 1 is 1.17 bits per heavy atom. The monoisotopic (exact) mass is 292 g/mol. The topological polar surface area (TPSA) is 16.1 Å². The minimum atomic E-state index is -4.69. The quantitative estimate of drug-likeness (QED) is 0.609. The lowest BCUT2D eigenvalue weighted by molar-refractivity contribution is -0.137. The van der Waals surface area contributed by atoms with Crippen LogP contribution in [-0.4, -0.2) is 24.8 Å². The number of halogens is 7. The summed E-state index contributed by atoms with van der Waals surface area (Å²) in [7, 11) is 0.978. The summed E-state index contributed by atoms with van der Waals surface area (Å²) in [6, 6.07) is 1.06. The third-order valence-corrected chi connectivity index (χ3v) is 2.11. The summed E-state index contributed by atoms with van der Waals surface area (Å²) >= 11 is 5.35. The van der Waals surface area contributed by atoms with Crippen LogP contribution in [0.3, 0.4) is 0 Å². The van der Waals surface area contributed by atoms with Crippen molar-refractivity contribution in [2.75, 3.05) is 18.5 Å². The lowest BCUT2D eigenvalue weighted by atomic mass is 10.2. The van der Waals surface area contributed by atoms with Crippen LogP contribution >= 0.6 is 11.6 Å². The van der Waals surface area contributed by atoms with E-state index in [0.29, 0.717) is 17.0 Å². The number of nitrogens with zero attached hydrogens (tertiary/aromatic N) is 2. The molecule has 0 aliphatic rings. The van der Waals surface area contributed by atoms with E-state index in [1.165, 1.54) is 0 Å². The molecule has 0 N–H and O–H groups in total. The molecule has 0 radical (unpaired) electrons. The number of alkyl halides is 6. The fourth-order valence-corrected chi connectivity index (χ4v) is 1.40. The van der Waals surface area contributed by atoms with E-state index >= 15 is 0 Å². The molecule has 0 bridgehead atoms. The normalized spacial score (nSPS) is 12.7. The van der Waals surface area contributed by atoms with Crippen molar-refractivity contribution in [2.24, 2.45) is 0 Å². The van der Waals surface area contributed by atoms with Crippen molar-refractivity contribution in [2.45, 2.75) is 12.4 Å². The van der Waals surface area contributed by atoms with Gasteiger partial charge in [-0.1, -0.05) is 11.6 Å². The van der Waals surface area contributed by atoms with E-state index in [9.17, 15) is 26.3 Å². The third kappa shape index (κ3) is 4.25. The van der Waals surface area contributed by atoms with E-state index < -0.39 is 35.4 Å². The molecule has 0 fully saturated rings. The van der Waals surface area contributed by atoms with E-state index in [0.717, 1.165) is 7.05 Å². The average molecular weight is 293 g/mol. The predicted octanol–water partition coefficient (Wildman–Crippen LogP) is 3.75. The Kier molecular flexibility index (Phi) is 3.99. The molecule has 1 aromatic rings. The summed E-state index contributed by atoms with van der Waals surface area (Å²) < 4.78 is 73.6. The Morgan fingerprint density at radius 2 is 1.72 bits per heavy atom. The molecular formula is C9H7ClF6N2. The zero-order valence-electron chi connectivity index (χ0n) is 8.90. The summed E-state index contributed by atoms with van der Waals surface area (Å²) in [5.41, 5.74) is -1.15. The van der Waals surface area contributed by atoms with Crippen molar-refractivity contribution < 1.29 is 26.3 Å². The SMILES string of the molecule is CN(CC(F)(F)F)c1cc(C(F)(F)F)cc(Cl)n1. The molecule has 0 aromatic carbocycles. The summed E-state index contributed by atoms with van der Waals surface area (Å²) in [6.45, 7) is -1.42. The van der Waals surface area contributed by atoms with Crippen LogP contribution in [-0.2, 0) is 6.18 Å². The van der Waals surface area contributed by atoms with Gasteiger partial charge in [0, 0.05) is 7.05 Å². The Bertz CT molecular complexity index is 428. The first-order chi connectivity index (χ1) is 7.99. The number of anilines is 1. The molecule has 0 atom stereocenters. The molecule has 0 spiro atoms. The molecule has 0 unspecified atom stereocenters. The molecule has 0 saturated heterocycles.